The molecule has 0 N–H and O–H groups in total. The first-order valence-corrected chi connectivity index (χ1v) is 6.41. The average Bonchev–Trinajstić information content (AvgIpc) is 2.89. The number of para-hydroxylation sites is 2. The Morgan fingerprint density at radius 3 is 2.59 bits per heavy atom. The minimum Gasteiger partial charge on any atom is -0.436 e. The van der Waals surface area contributed by atoms with E-state index in [0.717, 1.165) is 12.1 Å². The average molecular weight is 299 g/mol. The van der Waals surface area contributed by atoms with E-state index in [-0.39, 0.29) is 22.4 Å². The van der Waals surface area contributed by atoms with Crippen molar-refractivity contribution in [1.29, 1.82) is 0 Å². The van der Waals surface area contributed by atoms with Gasteiger partial charge in [-0.05, 0) is 18.2 Å². The summed E-state index contributed by atoms with van der Waals surface area (Å²) < 4.78 is 37.4. The Hall–Kier alpha value is -3.02. The number of fused-ring (bicyclic) bond motifs is 2. The van der Waals surface area contributed by atoms with Crippen molar-refractivity contribution in [2.45, 2.75) is 0 Å². The lowest BCUT2D eigenvalue weighted by molar-refractivity contribution is 0.539. The summed E-state index contributed by atoms with van der Waals surface area (Å²) in [6.07, 6.45) is 0. The second-order valence-corrected chi connectivity index (χ2v) is 4.73. The highest BCUT2D eigenvalue weighted by molar-refractivity contribution is 5.82. The summed E-state index contributed by atoms with van der Waals surface area (Å²) in [5.41, 5.74) is 0.105. The molecule has 0 bridgehead atoms. The van der Waals surface area contributed by atoms with E-state index in [0.29, 0.717) is 11.1 Å². The van der Waals surface area contributed by atoms with Crippen LogP contribution in [0.15, 0.2) is 56.1 Å². The van der Waals surface area contributed by atoms with Gasteiger partial charge in [0.15, 0.2) is 5.58 Å². The summed E-state index contributed by atoms with van der Waals surface area (Å²) in [4.78, 5) is 16.2. The molecule has 108 valence electrons. The van der Waals surface area contributed by atoms with Gasteiger partial charge in [0.25, 0.3) is 0 Å². The van der Waals surface area contributed by atoms with Crippen LogP contribution in [0.5, 0.6) is 0 Å². The van der Waals surface area contributed by atoms with E-state index < -0.39 is 17.3 Å². The lowest BCUT2D eigenvalue weighted by Gasteiger charge is -2.00. The number of aromatic nitrogens is 1. The lowest BCUT2D eigenvalue weighted by atomic mass is 10.1. The van der Waals surface area contributed by atoms with Gasteiger partial charge in [-0.1, -0.05) is 12.1 Å². The van der Waals surface area contributed by atoms with Crippen LogP contribution in [0.25, 0.3) is 33.5 Å². The predicted molar refractivity (Wildman–Crippen MR) is 75.4 cm³/mol. The van der Waals surface area contributed by atoms with Crippen molar-refractivity contribution in [2.24, 2.45) is 0 Å². The molecule has 6 heteroatoms. The Kier molecular flexibility index (Phi) is 2.59. The summed E-state index contributed by atoms with van der Waals surface area (Å²) in [6.45, 7) is 0. The first-order chi connectivity index (χ1) is 10.6. The van der Waals surface area contributed by atoms with Gasteiger partial charge in [-0.3, -0.25) is 0 Å². The number of rotatable bonds is 1. The van der Waals surface area contributed by atoms with Crippen LogP contribution < -0.4 is 5.63 Å². The van der Waals surface area contributed by atoms with Crippen molar-refractivity contribution in [3.63, 3.8) is 0 Å². The number of benzene rings is 2. The molecule has 0 aliphatic heterocycles. The van der Waals surface area contributed by atoms with Crippen LogP contribution >= 0.6 is 0 Å². The zero-order valence-electron chi connectivity index (χ0n) is 11.0. The van der Waals surface area contributed by atoms with Crippen LogP contribution in [0.3, 0.4) is 0 Å². The van der Waals surface area contributed by atoms with Gasteiger partial charge in [0.05, 0.1) is 5.39 Å². The molecule has 2 aromatic carbocycles. The first kappa shape index (κ1) is 12.7. The zero-order valence-corrected chi connectivity index (χ0v) is 11.0. The molecular weight excluding hydrogens is 292 g/mol. The molecule has 0 radical (unpaired) electrons. The number of halogens is 2. The fraction of sp³-hybridized carbons (Fsp3) is 0. The molecule has 0 spiro atoms. The van der Waals surface area contributed by atoms with Gasteiger partial charge in [-0.15, -0.1) is 0 Å². The predicted octanol–water partition coefficient (Wildman–Crippen LogP) is 3.88. The zero-order chi connectivity index (χ0) is 15.3. The molecule has 4 aromatic rings. The van der Waals surface area contributed by atoms with Crippen molar-refractivity contribution in [3.05, 3.63) is 64.5 Å². The van der Waals surface area contributed by atoms with Gasteiger partial charge in [-0.2, -0.15) is 0 Å². The number of oxazole rings is 1. The molecule has 0 aliphatic rings. The third-order valence-electron chi connectivity index (χ3n) is 3.29. The summed E-state index contributed by atoms with van der Waals surface area (Å²) >= 11 is 0. The van der Waals surface area contributed by atoms with Gasteiger partial charge in [0.2, 0.25) is 5.89 Å². The van der Waals surface area contributed by atoms with E-state index in [2.05, 4.69) is 4.98 Å². The van der Waals surface area contributed by atoms with E-state index in [1.54, 1.807) is 24.3 Å². The van der Waals surface area contributed by atoms with Gasteiger partial charge >= 0.3 is 5.63 Å². The Labute approximate surface area is 121 Å². The van der Waals surface area contributed by atoms with Crippen molar-refractivity contribution in [1.82, 2.24) is 4.98 Å². The molecule has 0 fully saturated rings. The highest BCUT2D eigenvalue weighted by atomic mass is 19.1. The Balaban J connectivity index is 2.02. The molecule has 22 heavy (non-hydrogen) atoms. The molecule has 4 nitrogen and oxygen atoms in total. The molecule has 2 aromatic heterocycles. The van der Waals surface area contributed by atoms with Crippen LogP contribution in [0.4, 0.5) is 8.78 Å². The summed E-state index contributed by atoms with van der Waals surface area (Å²) in [5, 5.41) is -0.0155. The molecule has 0 atom stereocenters. The maximum Gasteiger partial charge on any atom is 0.349 e. The molecule has 0 unspecified atom stereocenters. The minimum absolute atomic E-state index is 0.0155. The largest absolute Gasteiger partial charge is 0.436 e. The number of nitrogens with zero attached hydrogens (tertiary/aromatic N) is 1. The fourth-order valence-electron chi connectivity index (χ4n) is 2.28. The monoisotopic (exact) mass is 299 g/mol. The maximum atomic E-state index is 13.8. The standard InChI is InChI=1S/C16H7F2NO3/c17-8-5-11(18)9-7-10(16(20)22-14(9)6-8)15-19-12-3-1-2-4-13(12)21-15/h1-7H. The Bertz CT molecular complexity index is 1050. The molecule has 2 heterocycles. The SMILES string of the molecule is O=c1oc2cc(F)cc(F)c2cc1-c1nc2ccccc2o1. The van der Waals surface area contributed by atoms with Crippen molar-refractivity contribution >= 4 is 22.1 Å². The minimum atomic E-state index is -0.823. The molecule has 4 rings (SSSR count). The summed E-state index contributed by atoms with van der Waals surface area (Å²) in [7, 11) is 0. The van der Waals surface area contributed by atoms with Crippen LogP contribution in [0, 0.1) is 11.6 Å². The molecule has 0 amide bonds. The van der Waals surface area contributed by atoms with Crippen molar-refractivity contribution in [2.75, 3.05) is 0 Å². The Morgan fingerprint density at radius 2 is 1.77 bits per heavy atom. The smallest absolute Gasteiger partial charge is 0.349 e. The quantitative estimate of drug-likeness (QED) is 0.500. The third kappa shape index (κ3) is 1.88. The van der Waals surface area contributed by atoms with Gasteiger partial charge in [0.1, 0.15) is 28.3 Å². The summed E-state index contributed by atoms with van der Waals surface area (Å²) in [5.74, 6) is -1.61. The highest BCUT2D eigenvalue weighted by Gasteiger charge is 2.16. The van der Waals surface area contributed by atoms with Crippen LogP contribution in [0.1, 0.15) is 0 Å². The van der Waals surface area contributed by atoms with E-state index in [1.165, 1.54) is 6.07 Å². The maximum absolute atomic E-state index is 13.8. The lowest BCUT2D eigenvalue weighted by Crippen LogP contribution is -2.03. The number of hydrogen-bond donors (Lipinski definition) is 0. The van der Waals surface area contributed by atoms with Gasteiger partial charge in [0, 0.05) is 12.1 Å². The molecule has 0 saturated heterocycles. The van der Waals surface area contributed by atoms with Crippen molar-refractivity contribution < 1.29 is 17.6 Å². The Morgan fingerprint density at radius 1 is 0.955 bits per heavy atom. The topological polar surface area (TPSA) is 56.2 Å². The molecule has 0 saturated carbocycles. The van der Waals surface area contributed by atoms with Crippen LogP contribution in [-0.2, 0) is 0 Å². The van der Waals surface area contributed by atoms with E-state index >= 15 is 0 Å². The van der Waals surface area contributed by atoms with Crippen molar-refractivity contribution in [3.8, 4) is 11.5 Å². The molecule has 0 aliphatic carbocycles. The van der Waals surface area contributed by atoms with E-state index in [1.807, 2.05) is 0 Å². The van der Waals surface area contributed by atoms with Gasteiger partial charge in [-0.25, -0.2) is 18.6 Å². The van der Waals surface area contributed by atoms with Crippen LogP contribution in [0.2, 0.25) is 0 Å². The fourth-order valence-corrected chi connectivity index (χ4v) is 2.28. The van der Waals surface area contributed by atoms with Gasteiger partial charge < -0.3 is 8.83 Å². The highest BCUT2D eigenvalue weighted by Crippen LogP contribution is 2.26. The molecular formula is C16H7F2NO3. The van der Waals surface area contributed by atoms with Crippen LogP contribution in [-0.4, -0.2) is 4.98 Å². The third-order valence-corrected chi connectivity index (χ3v) is 3.29. The normalized spacial score (nSPS) is 11.4. The van der Waals surface area contributed by atoms with E-state index in [4.69, 9.17) is 8.83 Å². The van der Waals surface area contributed by atoms with E-state index in [9.17, 15) is 13.6 Å². The summed E-state index contributed by atoms with van der Waals surface area (Å²) in [6, 6.07) is 9.89. The number of hydrogen-bond acceptors (Lipinski definition) is 4. The first-order valence-electron chi connectivity index (χ1n) is 6.41. The second kappa shape index (κ2) is 4.49. The second-order valence-electron chi connectivity index (χ2n) is 4.73.